The van der Waals surface area contributed by atoms with Crippen LogP contribution in [0.3, 0.4) is 0 Å². The third kappa shape index (κ3) is 5.54. The lowest BCUT2D eigenvalue weighted by Crippen LogP contribution is -2.09. The van der Waals surface area contributed by atoms with E-state index >= 15 is 0 Å². The van der Waals surface area contributed by atoms with Crippen molar-refractivity contribution >= 4 is 29.5 Å². The van der Waals surface area contributed by atoms with Crippen molar-refractivity contribution in [3.63, 3.8) is 0 Å². The number of cyclic esters (lactones) is 1. The number of aliphatic imine (C=N–C) groups is 1. The number of esters is 1. The van der Waals surface area contributed by atoms with E-state index in [0.717, 1.165) is 22.4 Å². The molecule has 168 valence electrons. The maximum Gasteiger partial charge on any atom is 0.363 e. The second-order valence-electron chi connectivity index (χ2n) is 7.22. The minimum atomic E-state index is -0.497. The predicted molar refractivity (Wildman–Crippen MR) is 127 cm³/mol. The molecule has 0 spiro atoms. The summed E-state index contributed by atoms with van der Waals surface area (Å²) in [4.78, 5) is 16.6. The molecule has 1 heterocycles. The van der Waals surface area contributed by atoms with E-state index in [-0.39, 0.29) is 11.6 Å². The number of carbonyl (C=O) groups is 1. The molecule has 0 unspecified atom stereocenters. The van der Waals surface area contributed by atoms with Crippen molar-refractivity contribution in [2.45, 2.75) is 6.92 Å². The largest absolute Gasteiger partial charge is 0.493 e. The number of hydrogen-bond acceptors (Lipinski definition) is 6. The van der Waals surface area contributed by atoms with Crippen LogP contribution in [0.15, 0.2) is 77.4 Å². The van der Waals surface area contributed by atoms with Gasteiger partial charge in [0.15, 0.2) is 17.2 Å². The predicted octanol–water partition coefficient (Wildman–Crippen LogP) is 5.46. The van der Waals surface area contributed by atoms with Crippen LogP contribution in [0.5, 0.6) is 17.2 Å². The van der Waals surface area contributed by atoms with E-state index in [2.05, 4.69) is 4.99 Å². The van der Waals surface area contributed by atoms with E-state index in [1.807, 2.05) is 55.5 Å². The molecule has 0 fully saturated rings. The first-order chi connectivity index (χ1) is 16.0. The number of nitrogens with zero attached hydrogens (tertiary/aromatic N) is 1. The van der Waals surface area contributed by atoms with Crippen molar-refractivity contribution in [2.24, 2.45) is 4.99 Å². The maximum atomic E-state index is 12.2. The topological polar surface area (TPSA) is 66.4 Å². The molecule has 0 radical (unpaired) electrons. The Bertz CT molecular complexity index is 1220. The normalized spacial score (nSPS) is 14.1. The lowest BCUT2D eigenvalue weighted by molar-refractivity contribution is -0.129. The van der Waals surface area contributed by atoms with Gasteiger partial charge in [0.1, 0.15) is 19.0 Å². The highest BCUT2D eigenvalue weighted by molar-refractivity contribution is 6.31. The van der Waals surface area contributed by atoms with Crippen molar-refractivity contribution in [1.82, 2.24) is 0 Å². The Morgan fingerprint density at radius 2 is 1.76 bits per heavy atom. The van der Waals surface area contributed by atoms with Crippen molar-refractivity contribution in [1.29, 1.82) is 0 Å². The van der Waals surface area contributed by atoms with Crippen LogP contribution in [0.1, 0.15) is 16.7 Å². The number of carbonyl (C=O) groups excluding carboxylic acids is 1. The van der Waals surface area contributed by atoms with Crippen LogP contribution in [-0.4, -0.2) is 32.2 Å². The minimum Gasteiger partial charge on any atom is -0.493 e. The summed E-state index contributed by atoms with van der Waals surface area (Å²) in [6.45, 7) is 2.61. The number of hydrogen-bond donors (Lipinski definition) is 0. The molecule has 0 aliphatic carbocycles. The van der Waals surface area contributed by atoms with Gasteiger partial charge >= 0.3 is 5.97 Å². The Balaban J connectivity index is 1.40. The smallest absolute Gasteiger partial charge is 0.363 e. The number of aryl methyl sites for hydroxylation is 1. The third-order valence-electron chi connectivity index (χ3n) is 4.87. The summed E-state index contributed by atoms with van der Waals surface area (Å²) >= 11 is 6.03. The van der Waals surface area contributed by atoms with E-state index in [9.17, 15) is 4.79 Å². The van der Waals surface area contributed by atoms with Crippen LogP contribution < -0.4 is 14.2 Å². The lowest BCUT2D eigenvalue weighted by Gasteiger charge is -2.12. The van der Waals surface area contributed by atoms with Crippen LogP contribution in [0.25, 0.3) is 6.08 Å². The van der Waals surface area contributed by atoms with Gasteiger partial charge in [0.05, 0.1) is 7.11 Å². The summed E-state index contributed by atoms with van der Waals surface area (Å²) in [7, 11) is 1.56. The summed E-state index contributed by atoms with van der Waals surface area (Å²) in [6.07, 6.45) is 1.65. The first-order valence-corrected chi connectivity index (χ1v) is 10.7. The molecule has 33 heavy (non-hydrogen) atoms. The quantitative estimate of drug-likeness (QED) is 0.252. The molecule has 4 rings (SSSR count). The number of halogens is 1. The van der Waals surface area contributed by atoms with E-state index in [1.165, 1.54) is 0 Å². The molecule has 3 aromatic rings. The Labute approximate surface area is 197 Å². The molecule has 0 aromatic heterocycles. The average Bonchev–Trinajstić information content (AvgIpc) is 3.20. The average molecular weight is 464 g/mol. The molecule has 0 bridgehead atoms. The Hall–Kier alpha value is -3.77. The molecular formula is C26H22ClNO5. The maximum absolute atomic E-state index is 12.2. The minimum absolute atomic E-state index is 0.219. The molecule has 1 aliphatic rings. The zero-order valence-corrected chi connectivity index (χ0v) is 19.0. The number of methoxy groups -OCH3 is 1. The first kappa shape index (κ1) is 22.4. The van der Waals surface area contributed by atoms with Gasteiger partial charge in [0, 0.05) is 10.6 Å². The Kier molecular flexibility index (Phi) is 6.95. The summed E-state index contributed by atoms with van der Waals surface area (Å²) in [5.74, 6) is 1.62. The fourth-order valence-electron chi connectivity index (χ4n) is 3.18. The molecule has 0 N–H and O–H groups in total. The zero-order chi connectivity index (χ0) is 23.2. The van der Waals surface area contributed by atoms with Crippen molar-refractivity contribution in [3.8, 4) is 17.2 Å². The number of ether oxygens (including phenoxy) is 4. The number of rotatable bonds is 8. The van der Waals surface area contributed by atoms with Crippen LogP contribution >= 0.6 is 11.6 Å². The van der Waals surface area contributed by atoms with Crippen molar-refractivity contribution in [3.05, 3.63) is 94.1 Å². The lowest BCUT2D eigenvalue weighted by atomic mass is 10.1. The van der Waals surface area contributed by atoms with Crippen LogP contribution in [0, 0.1) is 6.92 Å². The van der Waals surface area contributed by atoms with E-state index in [0.29, 0.717) is 29.7 Å². The van der Waals surface area contributed by atoms with Gasteiger partial charge < -0.3 is 18.9 Å². The van der Waals surface area contributed by atoms with Crippen molar-refractivity contribution < 1.29 is 23.7 Å². The Morgan fingerprint density at radius 3 is 2.52 bits per heavy atom. The number of benzene rings is 3. The Morgan fingerprint density at radius 1 is 0.970 bits per heavy atom. The van der Waals surface area contributed by atoms with E-state index < -0.39 is 5.97 Å². The highest BCUT2D eigenvalue weighted by Gasteiger charge is 2.24. The van der Waals surface area contributed by atoms with Crippen LogP contribution in [-0.2, 0) is 9.53 Å². The zero-order valence-electron chi connectivity index (χ0n) is 18.2. The van der Waals surface area contributed by atoms with Crippen molar-refractivity contribution in [2.75, 3.05) is 20.3 Å². The van der Waals surface area contributed by atoms with Gasteiger partial charge in [-0.05, 0) is 66.6 Å². The van der Waals surface area contributed by atoms with Gasteiger partial charge in [-0.1, -0.05) is 35.9 Å². The fourth-order valence-corrected chi connectivity index (χ4v) is 3.30. The molecule has 1 aliphatic heterocycles. The molecule has 3 aromatic carbocycles. The highest BCUT2D eigenvalue weighted by Crippen LogP contribution is 2.30. The molecule has 0 saturated carbocycles. The molecular weight excluding hydrogens is 442 g/mol. The standard InChI is InChI=1S/C26H22ClNO5/c1-17-14-20(9-10-21(17)27)31-12-13-32-23-11-8-18(16-24(23)30-2)15-22-26(29)33-25(28-22)19-6-4-3-5-7-19/h3-11,14-16H,12-13H2,1-2H3/b22-15-. The fraction of sp³-hybridized carbons (Fsp3) is 0.154. The van der Waals surface area contributed by atoms with Crippen LogP contribution in [0.4, 0.5) is 0 Å². The first-order valence-electron chi connectivity index (χ1n) is 10.3. The van der Waals surface area contributed by atoms with E-state index in [1.54, 1.807) is 31.4 Å². The molecule has 0 atom stereocenters. The summed E-state index contributed by atoms with van der Waals surface area (Å²) in [5, 5.41) is 0.700. The highest BCUT2D eigenvalue weighted by atomic mass is 35.5. The molecule has 0 amide bonds. The molecule has 7 heteroatoms. The van der Waals surface area contributed by atoms with Gasteiger partial charge in [-0.3, -0.25) is 0 Å². The van der Waals surface area contributed by atoms with Gasteiger partial charge in [-0.2, -0.15) is 0 Å². The summed E-state index contributed by atoms with van der Waals surface area (Å²) < 4.78 is 22.3. The SMILES string of the molecule is COc1cc(/C=C2\N=C(c3ccccc3)OC2=O)ccc1OCCOc1ccc(Cl)c(C)c1. The van der Waals surface area contributed by atoms with Crippen LogP contribution in [0.2, 0.25) is 5.02 Å². The van der Waals surface area contributed by atoms with Gasteiger partial charge in [0.2, 0.25) is 5.90 Å². The summed E-state index contributed by atoms with van der Waals surface area (Å²) in [6, 6.07) is 20.1. The van der Waals surface area contributed by atoms with Gasteiger partial charge in [0.25, 0.3) is 0 Å². The molecule has 6 nitrogen and oxygen atoms in total. The van der Waals surface area contributed by atoms with E-state index in [4.69, 9.17) is 30.5 Å². The monoisotopic (exact) mass is 463 g/mol. The van der Waals surface area contributed by atoms with Gasteiger partial charge in [-0.25, -0.2) is 9.79 Å². The second kappa shape index (κ2) is 10.2. The second-order valence-corrected chi connectivity index (χ2v) is 7.63. The summed E-state index contributed by atoms with van der Waals surface area (Å²) in [5.41, 5.74) is 2.65. The van der Waals surface area contributed by atoms with Gasteiger partial charge in [-0.15, -0.1) is 0 Å². The third-order valence-corrected chi connectivity index (χ3v) is 5.30. The molecule has 0 saturated heterocycles.